The molecule has 1 atom stereocenters. The van der Waals surface area contributed by atoms with Crippen molar-refractivity contribution in [1.29, 1.82) is 0 Å². The second-order valence-electron chi connectivity index (χ2n) is 11.9. The third-order valence-corrected chi connectivity index (χ3v) is 8.78. The lowest BCUT2D eigenvalue weighted by atomic mass is 9.78. The SMILES string of the molecule is COc1ncc(-c2cc(C(=O)N3CC4(COC4)C3)c3c(N)ncnn23)cc1C(=O)N1CCC[C@@H](Cc2ccc(F)cc2)C1. The van der Waals surface area contributed by atoms with Crippen molar-refractivity contribution < 1.29 is 23.5 Å². The highest BCUT2D eigenvalue weighted by atomic mass is 19.1. The molecule has 12 heteroatoms. The summed E-state index contributed by atoms with van der Waals surface area (Å²) in [6, 6.07) is 10.0. The van der Waals surface area contributed by atoms with Gasteiger partial charge in [-0.25, -0.2) is 18.9 Å². The fourth-order valence-corrected chi connectivity index (χ4v) is 6.54. The highest BCUT2D eigenvalue weighted by Gasteiger charge is 2.51. The number of hydrogen-bond donors (Lipinski definition) is 1. The Morgan fingerprint density at radius 1 is 1.09 bits per heavy atom. The van der Waals surface area contributed by atoms with Gasteiger partial charge in [0.05, 0.1) is 37.0 Å². The number of likely N-dealkylation sites (tertiary alicyclic amines) is 2. The minimum Gasteiger partial charge on any atom is -0.480 e. The molecular weight excluding hydrogens is 553 g/mol. The summed E-state index contributed by atoms with van der Waals surface area (Å²) in [6.07, 6.45) is 5.54. The predicted octanol–water partition coefficient (Wildman–Crippen LogP) is 3.09. The summed E-state index contributed by atoms with van der Waals surface area (Å²) in [4.78, 5) is 39.7. The van der Waals surface area contributed by atoms with Crippen LogP contribution < -0.4 is 10.5 Å². The van der Waals surface area contributed by atoms with E-state index >= 15 is 0 Å². The van der Waals surface area contributed by atoms with Gasteiger partial charge in [-0.15, -0.1) is 0 Å². The van der Waals surface area contributed by atoms with Crippen LogP contribution in [-0.2, 0) is 11.2 Å². The van der Waals surface area contributed by atoms with Crippen LogP contribution in [0.3, 0.4) is 0 Å². The molecular formula is C31H32FN7O4. The third kappa shape index (κ3) is 4.85. The van der Waals surface area contributed by atoms with Gasteiger partial charge in [0, 0.05) is 37.9 Å². The first-order valence-electron chi connectivity index (χ1n) is 14.4. The number of nitrogens with zero attached hydrogens (tertiary/aromatic N) is 6. The molecule has 0 radical (unpaired) electrons. The van der Waals surface area contributed by atoms with Crippen molar-refractivity contribution in [3.05, 3.63) is 71.4 Å². The number of fused-ring (bicyclic) bond motifs is 1. The van der Waals surface area contributed by atoms with Crippen molar-refractivity contribution in [1.82, 2.24) is 29.4 Å². The number of amides is 2. The van der Waals surface area contributed by atoms with Gasteiger partial charge in [0.1, 0.15) is 23.2 Å². The van der Waals surface area contributed by atoms with E-state index < -0.39 is 0 Å². The van der Waals surface area contributed by atoms with E-state index in [0.29, 0.717) is 67.3 Å². The van der Waals surface area contributed by atoms with Gasteiger partial charge in [-0.3, -0.25) is 9.59 Å². The summed E-state index contributed by atoms with van der Waals surface area (Å²) in [5.41, 5.74) is 9.65. The second kappa shape index (κ2) is 10.6. The number of nitrogens with two attached hydrogens (primary N) is 1. The topological polar surface area (TPSA) is 128 Å². The maximum Gasteiger partial charge on any atom is 0.259 e. The van der Waals surface area contributed by atoms with Gasteiger partial charge in [-0.1, -0.05) is 12.1 Å². The molecule has 4 aromatic rings. The number of carbonyl (C=O) groups excluding carboxylic acids is 2. The zero-order chi connectivity index (χ0) is 29.7. The number of hydrogen-bond acceptors (Lipinski definition) is 8. The van der Waals surface area contributed by atoms with E-state index in [-0.39, 0.29) is 40.7 Å². The first-order chi connectivity index (χ1) is 20.8. The fourth-order valence-electron chi connectivity index (χ4n) is 6.54. The molecule has 11 nitrogen and oxygen atoms in total. The molecule has 0 bridgehead atoms. The standard InChI is InChI=1S/C31H32FN7O4/c1-42-28-24(30(41)37-8-2-3-20(13-37)9-19-4-6-22(32)7-5-19)10-21(12-34-28)25-11-23(26-27(33)35-18-36-39(25)26)29(40)38-14-31(15-38)16-43-17-31/h4-7,10-12,18,20H,2-3,8-9,13-17H2,1H3,(H2,33,35,36)/t20-/m0/s1. The Labute approximate surface area is 247 Å². The largest absolute Gasteiger partial charge is 0.480 e. The molecule has 1 aromatic carbocycles. The van der Waals surface area contributed by atoms with Crippen molar-refractivity contribution in [3.63, 3.8) is 0 Å². The zero-order valence-corrected chi connectivity index (χ0v) is 23.8. The number of benzene rings is 1. The molecule has 43 heavy (non-hydrogen) atoms. The molecule has 3 saturated heterocycles. The number of halogens is 1. The van der Waals surface area contributed by atoms with Crippen LogP contribution >= 0.6 is 0 Å². The molecule has 6 heterocycles. The van der Waals surface area contributed by atoms with Crippen LogP contribution in [0.1, 0.15) is 39.1 Å². The normalized spacial score (nSPS) is 19.3. The Morgan fingerprint density at radius 3 is 2.58 bits per heavy atom. The first kappa shape index (κ1) is 27.3. The Hall–Kier alpha value is -4.58. The quantitative estimate of drug-likeness (QED) is 0.366. The van der Waals surface area contributed by atoms with Crippen LogP contribution in [0, 0.1) is 17.2 Å². The number of ether oxygens (including phenoxy) is 2. The molecule has 0 unspecified atom stereocenters. The lowest BCUT2D eigenvalue weighted by Crippen LogP contribution is -2.67. The van der Waals surface area contributed by atoms with Crippen molar-refractivity contribution in [2.45, 2.75) is 19.3 Å². The number of nitrogen functional groups attached to an aromatic ring is 1. The number of anilines is 1. The van der Waals surface area contributed by atoms with E-state index in [1.165, 1.54) is 25.6 Å². The van der Waals surface area contributed by atoms with Crippen molar-refractivity contribution in [2.75, 3.05) is 52.2 Å². The average molecular weight is 586 g/mol. The predicted molar refractivity (Wildman–Crippen MR) is 155 cm³/mol. The summed E-state index contributed by atoms with van der Waals surface area (Å²) in [7, 11) is 1.48. The maximum atomic E-state index is 13.9. The minimum absolute atomic E-state index is 0.0672. The van der Waals surface area contributed by atoms with Crippen LogP contribution in [-0.4, -0.2) is 87.7 Å². The Morgan fingerprint density at radius 2 is 1.86 bits per heavy atom. The van der Waals surface area contributed by atoms with Crippen LogP contribution in [0.15, 0.2) is 48.9 Å². The van der Waals surface area contributed by atoms with E-state index in [1.807, 2.05) is 4.90 Å². The van der Waals surface area contributed by atoms with Crippen molar-refractivity contribution >= 4 is 23.1 Å². The number of rotatable bonds is 6. The molecule has 3 aliphatic rings. The molecule has 2 N–H and O–H groups in total. The lowest BCUT2D eigenvalue weighted by Gasteiger charge is -2.54. The molecule has 3 fully saturated rings. The fraction of sp³-hybridized carbons (Fsp3) is 0.387. The van der Waals surface area contributed by atoms with Gasteiger partial charge in [-0.2, -0.15) is 5.10 Å². The summed E-state index contributed by atoms with van der Waals surface area (Å²) in [5, 5.41) is 4.40. The Kier molecular flexibility index (Phi) is 6.72. The van der Waals surface area contributed by atoms with Gasteiger partial charge in [0.15, 0.2) is 5.82 Å². The smallest absolute Gasteiger partial charge is 0.259 e. The summed E-state index contributed by atoms with van der Waals surface area (Å²) >= 11 is 0. The zero-order valence-electron chi connectivity index (χ0n) is 23.8. The van der Waals surface area contributed by atoms with Gasteiger partial charge < -0.3 is 25.0 Å². The number of pyridine rings is 1. The van der Waals surface area contributed by atoms with Crippen molar-refractivity contribution in [2.24, 2.45) is 11.3 Å². The van der Waals surface area contributed by atoms with Gasteiger partial charge >= 0.3 is 0 Å². The number of carbonyl (C=O) groups is 2. The Bertz CT molecular complexity index is 1710. The molecule has 2 amide bonds. The van der Waals surface area contributed by atoms with Crippen molar-refractivity contribution in [3.8, 4) is 17.1 Å². The number of methoxy groups -OCH3 is 1. The molecule has 3 aromatic heterocycles. The third-order valence-electron chi connectivity index (χ3n) is 8.78. The second-order valence-corrected chi connectivity index (χ2v) is 11.9. The summed E-state index contributed by atoms with van der Waals surface area (Å²) in [5.74, 6) is 0.0541. The molecule has 1 spiro atoms. The molecule has 0 aliphatic carbocycles. The molecule has 7 rings (SSSR count). The van der Waals surface area contributed by atoms with Crippen LogP contribution in [0.5, 0.6) is 5.88 Å². The average Bonchev–Trinajstić information content (AvgIpc) is 3.37. The van der Waals surface area contributed by atoms with Crippen LogP contribution in [0.25, 0.3) is 16.8 Å². The molecule has 0 saturated carbocycles. The summed E-state index contributed by atoms with van der Waals surface area (Å²) in [6.45, 7) is 3.79. The molecule has 3 aliphatic heterocycles. The monoisotopic (exact) mass is 585 g/mol. The van der Waals surface area contributed by atoms with Crippen LogP contribution in [0.4, 0.5) is 10.2 Å². The molecule has 222 valence electrons. The Balaban J connectivity index is 1.18. The lowest BCUT2D eigenvalue weighted by molar-refractivity contribution is -0.176. The van der Waals surface area contributed by atoms with E-state index in [1.54, 1.807) is 39.9 Å². The highest BCUT2D eigenvalue weighted by Crippen LogP contribution is 2.39. The highest BCUT2D eigenvalue weighted by molar-refractivity contribution is 6.05. The van der Waals surface area contributed by atoms with Crippen LogP contribution in [0.2, 0.25) is 0 Å². The van der Waals surface area contributed by atoms with Gasteiger partial charge in [0.2, 0.25) is 5.88 Å². The van der Waals surface area contributed by atoms with E-state index in [2.05, 4.69) is 15.1 Å². The van der Waals surface area contributed by atoms with Gasteiger partial charge in [0.25, 0.3) is 11.8 Å². The maximum absolute atomic E-state index is 13.9. The van der Waals surface area contributed by atoms with E-state index in [9.17, 15) is 14.0 Å². The summed E-state index contributed by atoms with van der Waals surface area (Å²) < 4.78 is 25.8. The number of piperidine rings is 1. The first-order valence-corrected chi connectivity index (χ1v) is 14.4. The number of aromatic nitrogens is 4. The van der Waals surface area contributed by atoms with E-state index in [0.717, 1.165) is 24.8 Å². The minimum atomic E-state index is -0.261. The van der Waals surface area contributed by atoms with Gasteiger partial charge in [-0.05, 0) is 55.0 Å². The van der Waals surface area contributed by atoms with E-state index in [4.69, 9.17) is 15.2 Å².